The van der Waals surface area contributed by atoms with Gasteiger partial charge in [0.25, 0.3) is 0 Å². The first-order chi connectivity index (χ1) is 15.0. The second-order valence-electron chi connectivity index (χ2n) is 7.97. The Morgan fingerprint density at radius 2 is 2.03 bits per heavy atom. The first-order valence-electron chi connectivity index (χ1n) is 9.93. The van der Waals surface area contributed by atoms with Crippen molar-refractivity contribution >= 4 is 17.2 Å². The van der Waals surface area contributed by atoms with Crippen LogP contribution in [0.4, 0.5) is 10.1 Å². The van der Waals surface area contributed by atoms with Gasteiger partial charge < -0.3 is 4.90 Å². The summed E-state index contributed by atoms with van der Waals surface area (Å²) in [7, 11) is 4.03. The molecule has 2 atom stereocenters. The molecule has 0 bridgehead atoms. The Morgan fingerprint density at radius 3 is 2.74 bits per heavy atom. The smallest absolute Gasteiger partial charge is 0.185 e. The number of benzene rings is 2. The van der Waals surface area contributed by atoms with Gasteiger partial charge in [0.15, 0.2) is 5.78 Å². The van der Waals surface area contributed by atoms with Crippen LogP contribution in [0.3, 0.4) is 0 Å². The van der Waals surface area contributed by atoms with E-state index in [0.29, 0.717) is 28.4 Å². The van der Waals surface area contributed by atoms with Crippen molar-refractivity contribution in [2.24, 2.45) is 4.99 Å². The number of ketones is 1. The number of anilines is 1. The van der Waals surface area contributed by atoms with Crippen LogP contribution in [0.2, 0.25) is 0 Å². The highest BCUT2D eigenvalue weighted by molar-refractivity contribution is 6.20. The van der Waals surface area contributed by atoms with Gasteiger partial charge in [-0.1, -0.05) is 24.3 Å². The van der Waals surface area contributed by atoms with Crippen LogP contribution in [-0.2, 0) is 11.4 Å². The maximum absolute atomic E-state index is 14.2. The summed E-state index contributed by atoms with van der Waals surface area (Å²) in [6.07, 6.45) is 0.892. The van der Waals surface area contributed by atoms with Crippen molar-refractivity contribution < 1.29 is 14.0 Å². The second-order valence-corrected chi connectivity index (χ2v) is 7.97. The molecule has 2 aromatic carbocycles. The number of aliphatic imine (C=N–C) groups is 1. The number of nitrogens with one attached hydrogen (secondary N) is 2. The third-order valence-corrected chi connectivity index (χ3v) is 5.48. The number of aromatic nitrogens is 3. The minimum atomic E-state index is -0.531. The molecule has 8 nitrogen and oxygen atoms in total. The average molecular weight is 420 g/mol. The van der Waals surface area contributed by atoms with Gasteiger partial charge in [-0.3, -0.25) is 25.2 Å². The maximum atomic E-state index is 14.2. The topological polar surface area (TPSA) is 95.5 Å². The third-order valence-electron chi connectivity index (χ3n) is 5.48. The monoisotopic (exact) mass is 420 g/mol. The predicted molar refractivity (Wildman–Crippen MR) is 113 cm³/mol. The molecule has 2 aliphatic rings. The Balaban J connectivity index is 1.63. The van der Waals surface area contributed by atoms with Gasteiger partial charge in [-0.15, -0.1) is 0 Å². The number of hydrogen-bond donors (Lipinski definition) is 2. The van der Waals surface area contributed by atoms with Crippen LogP contribution in [0.25, 0.3) is 0 Å². The van der Waals surface area contributed by atoms with Crippen LogP contribution in [0, 0.1) is 5.82 Å². The number of aromatic amines is 1. The molecular weight excluding hydrogens is 399 g/mol. The fourth-order valence-corrected chi connectivity index (χ4v) is 4.17. The van der Waals surface area contributed by atoms with Crippen LogP contribution in [0.1, 0.15) is 44.9 Å². The molecule has 0 aliphatic carbocycles. The van der Waals surface area contributed by atoms with Crippen molar-refractivity contribution in [3.05, 3.63) is 76.6 Å². The van der Waals surface area contributed by atoms with E-state index in [4.69, 9.17) is 4.84 Å². The molecule has 1 aromatic heterocycles. The summed E-state index contributed by atoms with van der Waals surface area (Å²) in [6.45, 7) is 0.767. The van der Waals surface area contributed by atoms with E-state index in [1.54, 1.807) is 0 Å². The fraction of sp³-hybridized carbons (Fsp3) is 0.273. The average Bonchev–Trinajstić information content (AvgIpc) is 3.21. The highest BCUT2D eigenvalue weighted by atomic mass is 19.1. The molecule has 2 aliphatic heterocycles. The molecular formula is C22H21FN6O2. The SMILES string of the molecule is CN(C)Cc1ccc(C2ONc3cc(F)cc4c3C(=NCC4=O)C2c2ncn[nH]2)cc1. The first-order valence-corrected chi connectivity index (χ1v) is 9.93. The van der Waals surface area contributed by atoms with Crippen LogP contribution in [0.5, 0.6) is 0 Å². The molecule has 31 heavy (non-hydrogen) atoms. The van der Waals surface area contributed by atoms with Gasteiger partial charge in [0.2, 0.25) is 0 Å². The number of nitrogens with zero attached hydrogens (tertiary/aromatic N) is 4. The molecule has 0 amide bonds. The molecule has 0 radical (unpaired) electrons. The fourth-order valence-electron chi connectivity index (χ4n) is 4.17. The number of carbonyl (C=O) groups is 1. The van der Waals surface area contributed by atoms with E-state index in [0.717, 1.165) is 12.1 Å². The van der Waals surface area contributed by atoms with Crippen molar-refractivity contribution in [1.82, 2.24) is 20.1 Å². The van der Waals surface area contributed by atoms with Crippen LogP contribution >= 0.6 is 0 Å². The molecule has 5 rings (SSSR count). The zero-order valence-electron chi connectivity index (χ0n) is 17.1. The zero-order valence-corrected chi connectivity index (χ0v) is 17.1. The van der Waals surface area contributed by atoms with E-state index in [1.807, 2.05) is 38.4 Å². The molecule has 2 unspecified atom stereocenters. The first kappa shape index (κ1) is 19.5. The van der Waals surface area contributed by atoms with Crippen LogP contribution in [0.15, 0.2) is 47.7 Å². The third kappa shape index (κ3) is 3.51. The number of rotatable bonds is 4. The summed E-state index contributed by atoms with van der Waals surface area (Å²) in [6, 6.07) is 10.7. The van der Waals surface area contributed by atoms with Gasteiger partial charge in [-0.2, -0.15) is 5.10 Å². The van der Waals surface area contributed by atoms with Crippen molar-refractivity contribution in [3.63, 3.8) is 0 Å². The lowest BCUT2D eigenvalue weighted by Crippen LogP contribution is -2.28. The van der Waals surface area contributed by atoms with Crippen LogP contribution in [-0.4, -0.2) is 52.2 Å². The largest absolute Gasteiger partial charge is 0.305 e. The van der Waals surface area contributed by atoms with Gasteiger partial charge in [-0.25, -0.2) is 9.37 Å². The van der Waals surface area contributed by atoms with Crippen molar-refractivity contribution in [2.45, 2.75) is 18.6 Å². The standard InChI is InChI=1S/C22H21FN6O2/c1-29(2)10-12-3-5-13(6-4-12)21-19(22-25-11-26-27-22)20-18-15(17(30)9-24-20)7-14(23)8-16(18)28-31-21/h3-8,11,19,21,28H,9-10H2,1-2H3,(H,25,26,27). The normalized spacial score (nSPS) is 20.1. The lowest BCUT2D eigenvalue weighted by Gasteiger charge is -2.26. The Morgan fingerprint density at radius 1 is 1.23 bits per heavy atom. The maximum Gasteiger partial charge on any atom is 0.185 e. The number of H-pyrrole nitrogens is 1. The minimum absolute atomic E-state index is 0.0512. The van der Waals surface area contributed by atoms with Gasteiger partial charge in [0.1, 0.15) is 30.6 Å². The Labute approximate surface area is 178 Å². The number of Topliss-reactive ketones (excluding diaryl/α,β-unsaturated/α-hetero) is 1. The Hall–Kier alpha value is -3.43. The van der Waals surface area contributed by atoms with E-state index in [-0.39, 0.29) is 12.3 Å². The lowest BCUT2D eigenvalue weighted by molar-refractivity contribution is 0.0930. The summed E-state index contributed by atoms with van der Waals surface area (Å²) < 4.78 is 14.2. The molecule has 9 heteroatoms. The van der Waals surface area contributed by atoms with Gasteiger partial charge in [-0.05, 0) is 37.4 Å². The molecule has 0 saturated carbocycles. The van der Waals surface area contributed by atoms with E-state index < -0.39 is 17.8 Å². The zero-order chi connectivity index (χ0) is 21.5. The van der Waals surface area contributed by atoms with E-state index in [2.05, 4.69) is 30.6 Å². The Bertz CT molecular complexity index is 1160. The Kier molecular flexibility index (Phi) is 4.84. The summed E-state index contributed by atoms with van der Waals surface area (Å²) in [4.78, 5) is 29.6. The highest BCUT2D eigenvalue weighted by Gasteiger charge is 2.40. The summed E-state index contributed by atoms with van der Waals surface area (Å²) in [5.74, 6) is -0.653. The predicted octanol–water partition coefficient (Wildman–Crippen LogP) is 2.87. The molecule has 0 saturated heterocycles. The number of hydrogen-bond acceptors (Lipinski definition) is 7. The molecule has 2 N–H and O–H groups in total. The second kappa shape index (κ2) is 7.68. The lowest BCUT2D eigenvalue weighted by atomic mass is 9.83. The summed E-state index contributed by atoms with van der Waals surface area (Å²) in [5, 5.41) is 6.92. The van der Waals surface area contributed by atoms with E-state index in [9.17, 15) is 9.18 Å². The van der Waals surface area contributed by atoms with Gasteiger partial charge in [0, 0.05) is 17.7 Å². The molecule has 3 heterocycles. The minimum Gasteiger partial charge on any atom is -0.305 e. The van der Waals surface area contributed by atoms with Gasteiger partial charge >= 0.3 is 0 Å². The highest BCUT2D eigenvalue weighted by Crippen LogP contribution is 2.42. The molecule has 3 aromatic rings. The van der Waals surface area contributed by atoms with E-state index >= 15 is 0 Å². The van der Waals surface area contributed by atoms with E-state index in [1.165, 1.54) is 24.0 Å². The molecule has 0 spiro atoms. The van der Waals surface area contributed by atoms with Gasteiger partial charge in [0.05, 0.1) is 17.3 Å². The van der Waals surface area contributed by atoms with Crippen molar-refractivity contribution in [1.29, 1.82) is 0 Å². The molecule has 158 valence electrons. The van der Waals surface area contributed by atoms with Crippen molar-refractivity contribution in [3.8, 4) is 0 Å². The number of halogens is 1. The molecule has 0 fully saturated rings. The quantitative estimate of drug-likeness (QED) is 0.674. The summed E-state index contributed by atoms with van der Waals surface area (Å²) in [5.41, 5.74) is 6.76. The van der Waals surface area contributed by atoms with Crippen LogP contribution < -0.4 is 5.48 Å². The van der Waals surface area contributed by atoms with Crippen molar-refractivity contribution in [2.75, 3.05) is 26.1 Å². The number of carbonyl (C=O) groups excluding carboxylic acids is 1. The summed E-state index contributed by atoms with van der Waals surface area (Å²) >= 11 is 0.